The Hall–Kier alpha value is -1.63. The van der Waals surface area contributed by atoms with E-state index in [1.807, 2.05) is 27.8 Å². The Morgan fingerprint density at radius 2 is 1.65 bits per heavy atom. The van der Waals surface area contributed by atoms with Crippen LogP contribution in [0.4, 0.5) is 0 Å². The lowest BCUT2D eigenvalue weighted by molar-refractivity contribution is -0.144. The van der Waals surface area contributed by atoms with Gasteiger partial charge >= 0.3 is 5.97 Å². The van der Waals surface area contributed by atoms with Crippen LogP contribution in [0.15, 0.2) is 0 Å². The Labute approximate surface area is 138 Å². The number of nitrogens with one attached hydrogen (secondary N) is 1. The third kappa shape index (κ3) is 5.82. The molecule has 132 valence electrons. The summed E-state index contributed by atoms with van der Waals surface area (Å²) in [6.07, 6.45) is 0.103. The molecule has 0 aliphatic carbocycles. The van der Waals surface area contributed by atoms with Crippen LogP contribution in [-0.2, 0) is 14.4 Å². The molecule has 1 rings (SSSR count). The Kier molecular flexibility index (Phi) is 6.56. The van der Waals surface area contributed by atoms with Crippen LogP contribution in [0.25, 0.3) is 0 Å². The van der Waals surface area contributed by atoms with Crippen molar-refractivity contribution in [2.75, 3.05) is 33.2 Å². The standard InChI is InChI=1S/C16H29N3O4/c1-11(15(22)23)17-14(21)12(16(2,3)4)10-13(20)19-8-6-18(5)7-9-19/h11-12H,6-10H2,1-5H3,(H,17,21)(H,22,23)/t11-,12+/m0/s1. The monoisotopic (exact) mass is 327 g/mol. The number of aliphatic carboxylic acids is 1. The second-order valence-electron chi connectivity index (χ2n) is 7.38. The predicted molar refractivity (Wildman–Crippen MR) is 86.9 cm³/mol. The normalized spacial score (nSPS) is 19.1. The largest absolute Gasteiger partial charge is 0.480 e. The molecule has 7 nitrogen and oxygen atoms in total. The summed E-state index contributed by atoms with van der Waals surface area (Å²) in [5.41, 5.74) is -0.426. The Balaban J connectivity index is 2.73. The first-order valence-electron chi connectivity index (χ1n) is 8.02. The highest BCUT2D eigenvalue weighted by Crippen LogP contribution is 2.30. The van der Waals surface area contributed by atoms with Crippen LogP contribution in [0.1, 0.15) is 34.1 Å². The van der Waals surface area contributed by atoms with E-state index in [9.17, 15) is 14.4 Å². The lowest BCUT2D eigenvalue weighted by atomic mass is 9.77. The van der Waals surface area contributed by atoms with Gasteiger partial charge in [-0.2, -0.15) is 0 Å². The van der Waals surface area contributed by atoms with Crippen molar-refractivity contribution in [3.63, 3.8) is 0 Å². The Morgan fingerprint density at radius 3 is 2.09 bits per heavy atom. The van der Waals surface area contributed by atoms with E-state index in [2.05, 4.69) is 10.2 Å². The smallest absolute Gasteiger partial charge is 0.325 e. The minimum atomic E-state index is -1.09. The molecule has 1 saturated heterocycles. The molecule has 1 aliphatic rings. The third-order valence-corrected chi connectivity index (χ3v) is 4.33. The van der Waals surface area contributed by atoms with Crippen LogP contribution in [0, 0.1) is 11.3 Å². The molecule has 2 atom stereocenters. The van der Waals surface area contributed by atoms with E-state index in [1.54, 1.807) is 4.90 Å². The van der Waals surface area contributed by atoms with E-state index in [-0.39, 0.29) is 18.2 Å². The maximum Gasteiger partial charge on any atom is 0.325 e. The van der Waals surface area contributed by atoms with Crippen LogP contribution >= 0.6 is 0 Å². The molecular formula is C16H29N3O4. The summed E-state index contributed by atoms with van der Waals surface area (Å²) < 4.78 is 0. The minimum Gasteiger partial charge on any atom is -0.480 e. The van der Waals surface area contributed by atoms with Crippen LogP contribution in [0.2, 0.25) is 0 Å². The number of carbonyl (C=O) groups excluding carboxylic acids is 2. The summed E-state index contributed by atoms with van der Waals surface area (Å²) in [4.78, 5) is 39.8. The van der Waals surface area contributed by atoms with E-state index in [1.165, 1.54) is 6.92 Å². The maximum absolute atomic E-state index is 12.5. The number of piperazine rings is 1. The van der Waals surface area contributed by atoms with Gasteiger partial charge in [0.2, 0.25) is 11.8 Å². The van der Waals surface area contributed by atoms with Crippen molar-refractivity contribution >= 4 is 17.8 Å². The molecule has 1 fully saturated rings. The zero-order chi connectivity index (χ0) is 17.8. The maximum atomic E-state index is 12.5. The van der Waals surface area contributed by atoms with Gasteiger partial charge in [-0.15, -0.1) is 0 Å². The summed E-state index contributed by atoms with van der Waals surface area (Å²) >= 11 is 0. The van der Waals surface area contributed by atoms with Gasteiger partial charge in [0.15, 0.2) is 0 Å². The van der Waals surface area contributed by atoms with Crippen molar-refractivity contribution in [2.45, 2.75) is 40.2 Å². The lowest BCUT2D eigenvalue weighted by Gasteiger charge is -2.35. The first-order valence-corrected chi connectivity index (χ1v) is 8.02. The molecule has 0 saturated carbocycles. The molecule has 2 N–H and O–H groups in total. The highest BCUT2D eigenvalue weighted by atomic mass is 16.4. The number of carboxylic acids is 1. The van der Waals surface area contributed by atoms with Crippen molar-refractivity contribution in [3.05, 3.63) is 0 Å². The number of carbonyl (C=O) groups is 3. The molecule has 0 spiro atoms. The number of amides is 2. The molecule has 1 heterocycles. The molecular weight excluding hydrogens is 298 g/mol. The number of carboxylic acid groups (broad SMARTS) is 1. The second kappa shape index (κ2) is 7.77. The topological polar surface area (TPSA) is 90.0 Å². The van der Waals surface area contributed by atoms with Crippen molar-refractivity contribution in [2.24, 2.45) is 11.3 Å². The van der Waals surface area contributed by atoms with E-state index < -0.39 is 23.3 Å². The van der Waals surface area contributed by atoms with Crippen LogP contribution in [0.5, 0.6) is 0 Å². The highest BCUT2D eigenvalue weighted by Gasteiger charge is 2.35. The predicted octanol–water partition coefficient (Wildman–Crippen LogP) is 0.402. The lowest BCUT2D eigenvalue weighted by Crippen LogP contribution is -2.50. The number of nitrogens with zero attached hydrogens (tertiary/aromatic N) is 2. The van der Waals surface area contributed by atoms with Gasteiger partial charge in [-0.3, -0.25) is 14.4 Å². The Morgan fingerprint density at radius 1 is 1.13 bits per heavy atom. The molecule has 1 aliphatic heterocycles. The molecule has 0 unspecified atom stereocenters. The van der Waals surface area contributed by atoms with Gasteiger partial charge in [0.1, 0.15) is 6.04 Å². The zero-order valence-electron chi connectivity index (χ0n) is 14.8. The van der Waals surface area contributed by atoms with Crippen LogP contribution in [-0.4, -0.2) is 72.0 Å². The minimum absolute atomic E-state index is 0.0452. The van der Waals surface area contributed by atoms with Crippen molar-refractivity contribution in [1.29, 1.82) is 0 Å². The summed E-state index contributed by atoms with van der Waals surface area (Å²) in [5, 5.41) is 11.4. The molecule has 0 aromatic rings. The summed E-state index contributed by atoms with van der Waals surface area (Å²) in [5.74, 6) is -2.07. The number of rotatable bonds is 5. The number of hydrogen-bond donors (Lipinski definition) is 2. The fourth-order valence-electron chi connectivity index (χ4n) is 2.53. The molecule has 0 aromatic heterocycles. The van der Waals surface area contributed by atoms with E-state index in [4.69, 9.17) is 5.11 Å². The third-order valence-electron chi connectivity index (χ3n) is 4.33. The molecule has 0 aromatic carbocycles. The Bertz CT molecular complexity index is 451. The van der Waals surface area contributed by atoms with E-state index in [0.29, 0.717) is 13.1 Å². The molecule has 0 radical (unpaired) electrons. The number of hydrogen-bond acceptors (Lipinski definition) is 4. The van der Waals surface area contributed by atoms with Gasteiger partial charge in [-0.1, -0.05) is 20.8 Å². The first kappa shape index (κ1) is 19.4. The molecule has 7 heteroatoms. The summed E-state index contributed by atoms with van der Waals surface area (Å²) in [6.45, 7) is 10.1. The summed E-state index contributed by atoms with van der Waals surface area (Å²) in [6, 6.07) is -0.967. The van der Waals surface area contributed by atoms with Crippen molar-refractivity contribution in [1.82, 2.24) is 15.1 Å². The fraction of sp³-hybridized carbons (Fsp3) is 0.812. The van der Waals surface area contributed by atoms with E-state index >= 15 is 0 Å². The molecule has 23 heavy (non-hydrogen) atoms. The fourth-order valence-corrected chi connectivity index (χ4v) is 2.53. The van der Waals surface area contributed by atoms with Gasteiger partial charge in [-0.05, 0) is 19.4 Å². The zero-order valence-corrected chi connectivity index (χ0v) is 14.8. The van der Waals surface area contributed by atoms with Crippen molar-refractivity contribution in [3.8, 4) is 0 Å². The second-order valence-corrected chi connectivity index (χ2v) is 7.38. The van der Waals surface area contributed by atoms with Crippen LogP contribution < -0.4 is 5.32 Å². The van der Waals surface area contributed by atoms with Crippen LogP contribution in [0.3, 0.4) is 0 Å². The van der Waals surface area contributed by atoms with Gasteiger partial charge in [0, 0.05) is 32.6 Å². The molecule has 2 amide bonds. The first-order chi connectivity index (χ1) is 10.5. The van der Waals surface area contributed by atoms with E-state index in [0.717, 1.165) is 13.1 Å². The van der Waals surface area contributed by atoms with Gasteiger partial charge < -0.3 is 20.2 Å². The number of likely N-dealkylation sites (N-methyl/N-ethyl adjacent to an activating group) is 1. The van der Waals surface area contributed by atoms with Gasteiger partial charge in [-0.25, -0.2) is 0 Å². The van der Waals surface area contributed by atoms with Gasteiger partial charge in [0.25, 0.3) is 0 Å². The SMILES string of the molecule is C[C@H](NC(=O)[C@@H](CC(=O)N1CCN(C)CC1)C(C)(C)C)C(=O)O. The quantitative estimate of drug-likeness (QED) is 0.763. The van der Waals surface area contributed by atoms with Gasteiger partial charge in [0.05, 0.1) is 5.92 Å². The van der Waals surface area contributed by atoms with Crippen molar-refractivity contribution < 1.29 is 19.5 Å². The highest BCUT2D eigenvalue weighted by molar-refractivity contribution is 5.89. The molecule has 0 bridgehead atoms. The summed E-state index contributed by atoms with van der Waals surface area (Å²) in [7, 11) is 2.01. The average molecular weight is 327 g/mol. The average Bonchev–Trinajstić information content (AvgIpc) is 2.43.